The normalized spacial score (nSPS) is 16.5. The zero-order valence-corrected chi connectivity index (χ0v) is 24.4. The highest BCUT2D eigenvalue weighted by atomic mass is 15.1. The van der Waals surface area contributed by atoms with E-state index in [0.29, 0.717) is 0 Å². The van der Waals surface area contributed by atoms with E-state index in [-0.39, 0.29) is 6.17 Å². The first-order valence-electron chi connectivity index (χ1n) is 15.4. The number of fused-ring (bicyclic) bond motifs is 3. The molecule has 0 spiro atoms. The molecule has 0 aromatic heterocycles. The summed E-state index contributed by atoms with van der Waals surface area (Å²) in [5.74, 6) is 0. The average molecular weight is 565 g/mol. The van der Waals surface area contributed by atoms with Gasteiger partial charge in [0, 0.05) is 11.1 Å². The third kappa shape index (κ3) is 4.75. The molecule has 6 aromatic rings. The standard InChI is InChI=1S/C42H32N2/c1-4-14-30(15-5-1)39-40(31-16-6-2-7-17-31)43-42(44-41(39)32-18-8-3-9-19-32)33-26-24-29(25-27-33)38-28-34-20-10-11-21-35(34)36-22-12-13-23-37(36)38/h1-2,4-8,10-28,42,44H,3,9H2. The molecule has 1 N–H and O–H groups in total. The van der Waals surface area contributed by atoms with Crippen molar-refractivity contribution in [1.29, 1.82) is 0 Å². The molecule has 2 nitrogen and oxygen atoms in total. The summed E-state index contributed by atoms with van der Waals surface area (Å²) >= 11 is 0. The van der Waals surface area contributed by atoms with E-state index in [1.807, 2.05) is 0 Å². The lowest BCUT2D eigenvalue weighted by Gasteiger charge is -2.30. The van der Waals surface area contributed by atoms with Crippen LogP contribution in [0.25, 0.3) is 38.2 Å². The Bertz CT molecular complexity index is 2110. The Kier molecular flexibility index (Phi) is 6.73. The molecule has 2 heteroatoms. The second-order valence-corrected chi connectivity index (χ2v) is 11.5. The van der Waals surface area contributed by atoms with Crippen molar-refractivity contribution in [2.24, 2.45) is 4.99 Å². The summed E-state index contributed by atoms with van der Waals surface area (Å²) in [5.41, 5.74) is 10.4. The van der Waals surface area contributed by atoms with E-state index < -0.39 is 0 Å². The number of hydrogen-bond donors (Lipinski definition) is 1. The molecule has 6 aromatic carbocycles. The van der Waals surface area contributed by atoms with Crippen molar-refractivity contribution in [1.82, 2.24) is 5.32 Å². The van der Waals surface area contributed by atoms with Gasteiger partial charge in [-0.15, -0.1) is 0 Å². The topological polar surface area (TPSA) is 24.4 Å². The molecule has 1 aliphatic heterocycles. The summed E-state index contributed by atoms with van der Waals surface area (Å²) in [7, 11) is 0. The maximum Gasteiger partial charge on any atom is 0.145 e. The van der Waals surface area contributed by atoms with Crippen LogP contribution in [0.3, 0.4) is 0 Å². The van der Waals surface area contributed by atoms with Gasteiger partial charge in [-0.25, -0.2) is 0 Å². The number of aliphatic imine (C=N–C) groups is 1. The lowest BCUT2D eigenvalue weighted by atomic mass is 9.88. The van der Waals surface area contributed by atoms with Crippen molar-refractivity contribution in [3.8, 4) is 11.1 Å². The van der Waals surface area contributed by atoms with Crippen LogP contribution >= 0.6 is 0 Å². The fourth-order valence-electron chi connectivity index (χ4n) is 6.58. The number of nitrogens with zero attached hydrogens (tertiary/aromatic N) is 1. The highest BCUT2D eigenvalue weighted by Gasteiger charge is 2.28. The van der Waals surface area contributed by atoms with Gasteiger partial charge in [0.2, 0.25) is 0 Å². The minimum absolute atomic E-state index is 0.216. The number of benzene rings is 6. The van der Waals surface area contributed by atoms with E-state index in [9.17, 15) is 0 Å². The SMILES string of the molecule is C1=CC(C2=C(c3ccccc3)C(c3ccccc3)=NC(c3ccc(-c4cc5ccccc5c5ccccc45)cc3)N2)=CCC1. The molecule has 0 saturated heterocycles. The maximum absolute atomic E-state index is 5.41. The van der Waals surface area contributed by atoms with E-state index >= 15 is 0 Å². The molecule has 0 saturated carbocycles. The second kappa shape index (κ2) is 11.3. The van der Waals surface area contributed by atoms with Crippen molar-refractivity contribution in [3.05, 3.63) is 186 Å². The van der Waals surface area contributed by atoms with E-state index in [1.54, 1.807) is 0 Å². The van der Waals surface area contributed by atoms with Crippen LogP contribution in [0.5, 0.6) is 0 Å². The molecular weight excluding hydrogens is 532 g/mol. The summed E-state index contributed by atoms with van der Waals surface area (Å²) in [6.07, 6.45) is 8.78. The fourth-order valence-corrected chi connectivity index (χ4v) is 6.58. The smallest absolute Gasteiger partial charge is 0.145 e. The van der Waals surface area contributed by atoms with E-state index in [1.165, 1.54) is 38.2 Å². The van der Waals surface area contributed by atoms with Crippen LogP contribution in [0.15, 0.2) is 174 Å². The van der Waals surface area contributed by atoms with Gasteiger partial charge in [0.25, 0.3) is 0 Å². The van der Waals surface area contributed by atoms with Crippen molar-refractivity contribution in [2.75, 3.05) is 0 Å². The minimum Gasteiger partial charge on any atom is -0.359 e. The molecule has 1 heterocycles. The first-order valence-corrected chi connectivity index (χ1v) is 15.4. The summed E-state index contributed by atoms with van der Waals surface area (Å²) in [6.45, 7) is 0. The van der Waals surface area contributed by atoms with Crippen LogP contribution in [-0.4, -0.2) is 5.71 Å². The van der Waals surface area contributed by atoms with Crippen molar-refractivity contribution < 1.29 is 0 Å². The van der Waals surface area contributed by atoms with Crippen LogP contribution in [0.1, 0.15) is 35.7 Å². The molecule has 0 fully saturated rings. The molecule has 8 rings (SSSR count). The maximum atomic E-state index is 5.41. The molecule has 2 aliphatic rings. The molecular formula is C42H32N2. The number of rotatable bonds is 5. The van der Waals surface area contributed by atoms with Gasteiger partial charge in [0.05, 0.1) is 11.4 Å². The lowest BCUT2D eigenvalue weighted by molar-refractivity contribution is 0.628. The first kappa shape index (κ1) is 26.2. The lowest BCUT2D eigenvalue weighted by Crippen LogP contribution is -2.29. The van der Waals surface area contributed by atoms with Gasteiger partial charge in [-0.1, -0.05) is 152 Å². The van der Waals surface area contributed by atoms with E-state index in [4.69, 9.17) is 4.99 Å². The Hall–Kier alpha value is -5.47. The molecule has 0 bridgehead atoms. The number of nitrogens with one attached hydrogen (secondary N) is 1. The van der Waals surface area contributed by atoms with Gasteiger partial charge < -0.3 is 5.32 Å². The van der Waals surface area contributed by atoms with Gasteiger partial charge in [-0.2, -0.15) is 0 Å². The summed E-state index contributed by atoms with van der Waals surface area (Å²) in [5, 5.41) is 8.98. The quantitative estimate of drug-likeness (QED) is 0.207. The first-order chi connectivity index (χ1) is 21.8. The van der Waals surface area contributed by atoms with Gasteiger partial charge in [0.15, 0.2) is 0 Å². The van der Waals surface area contributed by atoms with Crippen molar-refractivity contribution in [2.45, 2.75) is 19.0 Å². The van der Waals surface area contributed by atoms with Crippen LogP contribution in [-0.2, 0) is 0 Å². The Balaban J connectivity index is 1.25. The van der Waals surface area contributed by atoms with Crippen LogP contribution in [0.2, 0.25) is 0 Å². The third-order valence-electron chi connectivity index (χ3n) is 8.72. The third-order valence-corrected chi connectivity index (χ3v) is 8.72. The molecule has 1 atom stereocenters. The van der Waals surface area contributed by atoms with Crippen LogP contribution in [0, 0.1) is 0 Å². The van der Waals surface area contributed by atoms with Crippen molar-refractivity contribution in [3.63, 3.8) is 0 Å². The zero-order chi connectivity index (χ0) is 29.3. The molecule has 0 amide bonds. The largest absolute Gasteiger partial charge is 0.359 e. The molecule has 1 aliphatic carbocycles. The second-order valence-electron chi connectivity index (χ2n) is 11.5. The highest BCUT2D eigenvalue weighted by molar-refractivity contribution is 6.33. The van der Waals surface area contributed by atoms with Gasteiger partial charge in [-0.3, -0.25) is 4.99 Å². The van der Waals surface area contributed by atoms with Crippen molar-refractivity contribution >= 4 is 32.8 Å². The molecule has 210 valence electrons. The Labute approximate surface area is 258 Å². The summed E-state index contributed by atoms with van der Waals surface area (Å²) in [6, 6.07) is 49.9. The highest BCUT2D eigenvalue weighted by Crippen LogP contribution is 2.38. The minimum atomic E-state index is -0.216. The van der Waals surface area contributed by atoms with E-state index in [0.717, 1.165) is 46.5 Å². The number of hydrogen-bond acceptors (Lipinski definition) is 2. The number of allylic oxidation sites excluding steroid dienone is 4. The summed E-state index contributed by atoms with van der Waals surface area (Å²) in [4.78, 5) is 5.41. The average Bonchev–Trinajstić information content (AvgIpc) is 3.12. The molecule has 0 radical (unpaired) electrons. The van der Waals surface area contributed by atoms with Crippen LogP contribution < -0.4 is 5.32 Å². The fraction of sp³-hybridized carbons (Fsp3) is 0.0714. The Morgan fingerprint density at radius 1 is 0.568 bits per heavy atom. The Morgan fingerprint density at radius 3 is 1.95 bits per heavy atom. The van der Waals surface area contributed by atoms with Gasteiger partial charge in [0.1, 0.15) is 6.17 Å². The molecule has 44 heavy (non-hydrogen) atoms. The van der Waals surface area contributed by atoms with Gasteiger partial charge >= 0.3 is 0 Å². The van der Waals surface area contributed by atoms with Crippen LogP contribution in [0.4, 0.5) is 0 Å². The predicted molar refractivity (Wildman–Crippen MR) is 186 cm³/mol. The monoisotopic (exact) mass is 564 g/mol. The summed E-state index contributed by atoms with van der Waals surface area (Å²) < 4.78 is 0. The van der Waals surface area contributed by atoms with Gasteiger partial charge in [-0.05, 0) is 68.3 Å². The zero-order valence-electron chi connectivity index (χ0n) is 24.4. The van der Waals surface area contributed by atoms with E-state index in [2.05, 4.69) is 163 Å². The Morgan fingerprint density at radius 2 is 1.23 bits per heavy atom. The molecule has 1 unspecified atom stereocenters. The predicted octanol–water partition coefficient (Wildman–Crippen LogP) is 10.4.